The van der Waals surface area contributed by atoms with Crippen LogP contribution in [0.25, 0.3) is 0 Å². The van der Waals surface area contributed by atoms with E-state index in [1.54, 1.807) is 32.4 Å². The van der Waals surface area contributed by atoms with Gasteiger partial charge < -0.3 is 14.7 Å². The maximum absolute atomic E-state index is 11.9. The van der Waals surface area contributed by atoms with Gasteiger partial charge in [-0.1, -0.05) is 12.1 Å². The molecule has 1 rings (SSSR count). The standard InChI is InChI=1S/C13H17NO4/c1-14(12(15)8-5-9-18-2)11-7-4-3-6-10(11)13(16)17/h3-4,6-7H,5,8-9H2,1-2H3,(H,16,17). The SMILES string of the molecule is COCCCC(=O)N(C)c1ccccc1C(=O)O. The predicted octanol–water partition coefficient (Wildman–Crippen LogP) is 1.77. The zero-order valence-electron chi connectivity index (χ0n) is 10.5. The van der Waals surface area contributed by atoms with Crippen LogP contribution >= 0.6 is 0 Å². The van der Waals surface area contributed by atoms with Crippen LogP contribution in [-0.4, -0.2) is 37.7 Å². The van der Waals surface area contributed by atoms with Gasteiger partial charge in [-0.3, -0.25) is 4.79 Å². The minimum absolute atomic E-state index is 0.124. The second-order valence-electron chi connectivity index (χ2n) is 3.87. The molecule has 0 spiro atoms. The Morgan fingerprint density at radius 3 is 2.61 bits per heavy atom. The maximum Gasteiger partial charge on any atom is 0.337 e. The first-order chi connectivity index (χ1) is 8.57. The number of hydrogen-bond donors (Lipinski definition) is 1. The summed E-state index contributed by atoms with van der Waals surface area (Å²) in [6.45, 7) is 0.514. The number of hydrogen-bond acceptors (Lipinski definition) is 3. The number of rotatable bonds is 6. The number of aromatic carboxylic acids is 1. The first-order valence-electron chi connectivity index (χ1n) is 5.65. The van der Waals surface area contributed by atoms with Crippen molar-refractivity contribution in [3.8, 4) is 0 Å². The van der Waals surface area contributed by atoms with Gasteiger partial charge >= 0.3 is 5.97 Å². The third-order valence-corrected chi connectivity index (χ3v) is 2.61. The molecule has 0 saturated carbocycles. The first-order valence-corrected chi connectivity index (χ1v) is 5.65. The summed E-state index contributed by atoms with van der Waals surface area (Å²) in [5.41, 5.74) is 0.535. The van der Waals surface area contributed by atoms with Gasteiger partial charge in [0.15, 0.2) is 0 Å². The van der Waals surface area contributed by atoms with Crippen LogP contribution in [0.5, 0.6) is 0 Å². The zero-order valence-corrected chi connectivity index (χ0v) is 10.5. The molecular weight excluding hydrogens is 234 g/mol. The molecule has 0 bridgehead atoms. The molecule has 0 aliphatic rings. The number of carbonyl (C=O) groups is 2. The van der Waals surface area contributed by atoms with E-state index in [0.717, 1.165) is 0 Å². The summed E-state index contributed by atoms with van der Waals surface area (Å²) in [6.07, 6.45) is 0.952. The minimum Gasteiger partial charge on any atom is -0.478 e. The molecule has 5 nitrogen and oxygen atoms in total. The third-order valence-electron chi connectivity index (χ3n) is 2.61. The van der Waals surface area contributed by atoms with Crippen molar-refractivity contribution in [1.29, 1.82) is 0 Å². The van der Waals surface area contributed by atoms with Crippen molar-refractivity contribution < 1.29 is 19.4 Å². The van der Waals surface area contributed by atoms with Gasteiger partial charge in [0.2, 0.25) is 5.91 Å². The van der Waals surface area contributed by atoms with Gasteiger partial charge in [0.1, 0.15) is 0 Å². The molecule has 0 aliphatic carbocycles. The molecule has 0 aromatic heterocycles. The zero-order chi connectivity index (χ0) is 13.5. The highest BCUT2D eigenvalue weighted by atomic mass is 16.5. The van der Waals surface area contributed by atoms with E-state index in [1.807, 2.05) is 0 Å². The number of carbonyl (C=O) groups excluding carboxylic acids is 1. The van der Waals surface area contributed by atoms with Crippen LogP contribution in [0.1, 0.15) is 23.2 Å². The highest BCUT2D eigenvalue weighted by Gasteiger charge is 2.17. The topological polar surface area (TPSA) is 66.8 Å². The van der Waals surface area contributed by atoms with Gasteiger partial charge in [0.05, 0.1) is 11.3 Å². The lowest BCUT2D eigenvalue weighted by atomic mass is 10.1. The van der Waals surface area contributed by atoms with Gasteiger partial charge in [0, 0.05) is 27.2 Å². The molecule has 5 heteroatoms. The van der Waals surface area contributed by atoms with Crippen LogP contribution in [0.2, 0.25) is 0 Å². The number of ether oxygens (including phenoxy) is 1. The summed E-state index contributed by atoms with van der Waals surface area (Å²) in [4.78, 5) is 24.3. The minimum atomic E-state index is -1.04. The Balaban J connectivity index is 2.80. The molecule has 18 heavy (non-hydrogen) atoms. The van der Waals surface area contributed by atoms with Crippen molar-refractivity contribution in [3.63, 3.8) is 0 Å². The molecule has 0 heterocycles. The molecule has 0 radical (unpaired) electrons. The Kier molecular flexibility index (Phi) is 5.32. The molecular formula is C13H17NO4. The van der Waals surface area contributed by atoms with Crippen LogP contribution in [0, 0.1) is 0 Å². The fraction of sp³-hybridized carbons (Fsp3) is 0.385. The van der Waals surface area contributed by atoms with Gasteiger partial charge in [-0.05, 0) is 18.6 Å². The Bertz CT molecular complexity index is 431. The molecule has 0 atom stereocenters. The lowest BCUT2D eigenvalue weighted by Gasteiger charge is -2.19. The maximum atomic E-state index is 11.9. The average molecular weight is 251 g/mol. The fourth-order valence-electron chi connectivity index (χ4n) is 1.62. The van der Waals surface area contributed by atoms with Crippen molar-refractivity contribution >= 4 is 17.6 Å². The van der Waals surface area contributed by atoms with Crippen LogP contribution in [0.3, 0.4) is 0 Å². The quantitative estimate of drug-likeness (QED) is 0.782. The van der Waals surface area contributed by atoms with E-state index in [-0.39, 0.29) is 11.5 Å². The van der Waals surface area contributed by atoms with Gasteiger partial charge in [-0.15, -0.1) is 0 Å². The number of amides is 1. The molecule has 0 saturated heterocycles. The second-order valence-corrected chi connectivity index (χ2v) is 3.87. The smallest absolute Gasteiger partial charge is 0.337 e. The van der Waals surface area contributed by atoms with E-state index in [2.05, 4.69) is 0 Å². The number of carboxylic acids is 1. The van der Waals surface area contributed by atoms with E-state index in [4.69, 9.17) is 9.84 Å². The van der Waals surface area contributed by atoms with E-state index in [1.165, 1.54) is 11.0 Å². The van der Waals surface area contributed by atoms with Crippen LogP contribution in [0.4, 0.5) is 5.69 Å². The molecule has 1 amide bonds. The van der Waals surface area contributed by atoms with Crippen LogP contribution in [-0.2, 0) is 9.53 Å². The van der Waals surface area contributed by atoms with E-state index >= 15 is 0 Å². The largest absolute Gasteiger partial charge is 0.478 e. The fourth-order valence-corrected chi connectivity index (χ4v) is 1.62. The monoisotopic (exact) mass is 251 g/mol. The number of benzene rings is 1. The third kappa shape index (κ3) is 3.56. The number of para-hydroxylation sites is 1. The van der Waals surface area contributed by atoms with Gasteiger partial charge in [0.25, 0.3) is 0 Å². The Morgan fingerprint density at radius 2 is 2.00 bits per heavy atom. The molecule has 1 aromatic rings. The molecule has 0 aliphatic heterocycles. The number of methoxy groups -OCH3 is 1. The van der Waals surface area contributed by atoms with E-state index < -0.39 is 5.97 Å². The van der Waals surface area contributed by atoms with Crippen molar-refractivity contribution in [1.82, 2.24) is 0 Å². The normalized spacial score (nSPS) is 10.1. The van der Waals surface area contributed by atoms with Gasteiger partial charge in [-0.25, -0.2) is 4.79 Å². The summed E-state index contributed by atoms with van der Waals surface area (Å²) in [7, 11) is 3.16. The average Bonchev–Trinajstić information content (AvgIpc) is 2.38. The molecule has 1 aromatic carbocycles. The predicted molar refractivity (Wildman–Crippen MR) is 67.9 cm³/mol. The Hall–Kier alpha value is -1.88. The van der Waals surface area contributed by atoms with E-state index in [0.29, 0.717) is 25.1 Å². The summed E-state index contributed by atoms with van der Waals surface area (Å²) in [5.74, 6) is -1.16. The van der Waals surface area contributed by atoms with Crippen LogP contribution < -0.4 is 4.90 Å². The summed E-state index contributed by atoms with van der Waals surface area (Å²) in [5, 5.41) is 9.05. The highest BCUT2D eigenvalue weighted by Crippen LogP contribution is 2.20. The Labute approximate surface area is 106 Å². The lowest BCUT2D eigenvalue weighted by molar-refractivity contribution is -0.118. The number of nitrogens with zero attached hydrogens (tertiary/aromatic N) is 1. The number of carboxylic acid groups (broad SMARTS) is 1. The van der Waals surface area contributed by atoms with Crippen molar-refractivity contribution in [2.24, 2.45) is 0 Å². The van der Waals surface area contributed by atoms with Crippen molar-refractivity contribution in [2.45, 2.75) is 12.8 Å². The summed E-state index contributed by atoms with van der Waals surface area (Å²) < 4.78 is 4.87. The number of anilines is 1. The van der Waals surface area contributed by atoms with Gasteiger partial charge in [-0.2, -0.15) is 0 Å². The molecule has 0 fully saturated rings. The highest BCUT2D eigenvalue weighted by molar-refractivity contribution is 6.01. The molecule has 98 valence electrons. The van der Waals surface area contributed by atoms with Crippen molar-refractivity contribution in [2.75, 3.05) is 25.7 Å². The van der Waals surface area contributed by atoms with Crippen molar-refractivity contribution in [3.05, 3.63) is 29.8 Å². The van der Waals surface area contributed by atoms with Crippen LogP contribution in [0.15, 0.2) is 24.3 Å². The molecule has 1 N–H and O–H groups in total. The Morgan fingerprint density at radius 1 is 1.33 bits per heavy atom. The van der Waals surface area contributed by atoms with E-state index in [9.17, 15) is 9.59 Å². The summed E-state index contributed by atoms with van der Waals surface area (Å²) >= 11 is 0. The second kappa shape index (κ2) is 6.76. The molecule has 0 unspecified atom stereocenters. The first kappa shape index (κ1) is 14.2. The lowest BCUT2D eigenvalue weighted by Crippen LogP contribution is -2.27. The summed E-state index contributed by atoms with van der Waals surface area (Å²) in [6, 6.07) is 6.45.